The maximum absolute atomic E-state index is 13.2. The standard InChI is InChI=1S/C26H23NO5/c1-15-13-21(30-3)22(31-4)14-20(15)27-26(29)19-12-8-11-18-23(28)16(2)24(32-25(18)19)17-9-6-5-7-10-17/h5-14H,1-4H3,(H,27,29). The van der Waals surface area contributed by atoms with E-state index < -0.39 is 5.91 Å². The summed E-state index contributed by atoms with van der Waals surface area (Å²) in [6.07, 6.45) is 0. The minimum Gasteiger partial charge on any atom is -0.493 e. The molecule has 0 radical (unpaired) electrons. The van der Waals surface area contributed by atoms with Crippen LogP contribution in [0.3, 0.4) is 0 Å². The molecule has 0 saturated carbocycles. The van der Waals surface area contributed by atoms with Gasteiger partial charge in [-0.2, -0.15) is 0 Å². The SMILES string of the molecule is COc1cc(C)c(NC(=O)c2cccc3c(=O)c(C)c(-c4ccccc4)oc23)cc1OC. The Kier molecular flexibility index (Phi) is 5.69. The van der Waals surface area contributed by atoms with Crippen LogP contribution in [0, 0.1) is 13.8 Å². The lowest BCUT2D eigenvalue weighted by atomic mass is 10.0. The molecule has 0 unspecified atom stereocenters. The summed E-state index contributed by atoms with van der Waals surface area (Å²) in [6.45, 7) is 3.59. The molecule has 1 N–H and O–H groups in total. The van der Waals surface area contributed by atoms with Gasteiger partial charge in [0.1, 0.15) is 5.76 Å². The summed E-state index contributed by atoms with van der Waals surface area (Å²) in [5.74, 6) is 1.13. The first-order valence-corrected chi connectivity index (χ1v) is 10.1. The summed E-state index contributed by atoms with van der Waals surface area (Å²) >= 11 is 0. The number of hydrogen-bond acceptors (Lipinski definition) is 5. The van der Waals surface area contributed by atoms with Gasteiger partial charge in [0.2, 0.25) is 0 Å². The number of anilines is 1. The van der Waals surface area contributed by atoms with Gasteiger partial charge in [-0.3, -0.25) is 9.59 Å². The number of ether oxygens (including phenoxy) is 2. The normalized spacial score (nSPS) is 10.8. The van der Waals surface area contributed by atoms with Crippen molar-refractivity contribution in [1.29, 1.82) is 0 Å². The van der Waals surface area contributed by atoms with Gasteiger partial charge in [-0.05, 0) is 37.6 Å². The number of aryl methyl sites for hydroxylation is 1. The molecule has 6 nitrogen and oxygen atoms in total. The summed E-state index contributed by atoms with van der Waals surface area (Å²) < 4.78 is 16.8. The molecule has 4 rings (SSSR count). The van der Waals surface area contributed by atoms with E-state index in [0.717, 1.165) is 11.1 Å². The number of fused-ring (bicyclic) bond motifs is 1. The van der Waals surface area contributed by atoms with Crippen molar-refractivity contribution in [2.24, 2.45) is 0 Å². The molecule has 0 aliphatic rings. The number of para-hydroxylation sites is 1. The number of hydrogen-bond donors (Lipinski definition) is 1. The Labute approximate surface area is 185 Å². The zero-order valence-corrected chi connectivity index (χ0v) is 18.3. The first kappa shape index (κ1) is 21.2. The van der Waals surface area contributed by atoms with Crippen molar-refractivity contribution in [3.05, 3.63) is 87.6 Å². The molecule has 162 valence electrons. The summed E-state index contributed by atoms with van der Waals surface area (Å²) in [4.78, 5) is 26.3. The van der Waals surface area contributed by atoms with Crippen LogP contribution < -0.4 is 20.2 Å². The van der Waals surface area contributed by atoms with Crippen LogP contribution in [0.5, 0.6) is 11.5 Å². The van der Waals surface area contributed by atoms with Crippen molar-refractivity contribution in [1.82, 2.24) is 0 Å². The van der Waals surface area contributed by atoms with E-state index in [1.807, 2.05) is 37.3 Å². The second kappa shape index (κ2) is 8.59. The van der Waals surface area contributed by atoms with E-state index in [-0.39, 0.29) is 16.6 Å². The Morgan fingerprint density at radius 1 is 0.906 bits per heavy atom. The molecule has 0 aliphatic carbocycles. The Bertz CT molecular complexity index is 1370. The molecule has 0 aliphatic heterocycles. The third kappa shape index (κ3) is 3.71. The molecule has 1 heterocycles. The molecule has 1 aromatic heterocycles. The minimum atomic E-state index is -0.392. The maximum Gasteiger partial charge on any atom is 0.259 e. The second-order valence-electron chi connectivity index (χ2n) is 7.41. The smallest absolute Gasteiger partial charge is 0.259 e. The molecule has 0 bridgehead atoms. The molecule has 0 atom stereocenters. The number of nitrogens with one attached hydrogen (secondary N) is 1. The Balaban J connectivity index is 1.82. The quantitative estimate of drug-likeness (QED) is 0.463. The number of rotatable bonds is 5. The van der Waals surface area contributed by atoms with Gasteiger partial charge >= 0.3 is 0 Å². The monoisotopic (exact) mass is 429 g/mol. The zero-order chi connectivity index (χ0) is 22.8. The van der Waals surface area contributed by atoms with E-state index in [9.17, 15) is 9.59 Å². The van der Waals surface area contributed by atoms with Gasteiger partial charge in [-0.25, -0.2) is 0 Å². The highest BCUT2D eigenvalue weighted by molar-refractivity contribution is 6.11. The van der Waals surface area contributed by atoms with E-state index in [4.69, 9.17) is 13.9 Å². The minimum absolute atomic E-state index is 0.165. The van der Waals surface area contributed by atoms with Crippen molar-refractivity contribution in [3.63, 3.8) is 0 Å². The fraction of sp³-hybridized carbons (Fsp3) is 0.154. The van der Waals surface area contributed by atoms with Crippen LogP contribution in [0.1, 0.15) is 21.5 Å². The van der Waals surface area contributed by atoms with Crippen molar-refractivity contribution < 1.29 is 18.7 Å². The first-order valence-electron chi connectivity index (χ1n) is 10.1. The summed E-state index contributed by atoms with van der Waals surface area (Å²) in [7, 11) is 3.09. The molecule has 4 aromatic rings. The van der Waals surface area contributed by atoms with Crippen molar-refractivity contribution in [2.75, 3.05) is 19.5 Å². The predicted octanol–water partition coefficient (Wildman–Crippen LogP) is 5.35. The average molecular weight is 429 g/mol. The molecule has 0 spiro atoms. The van der Waals surface area contributed by atoms with Gasteiger partial charge in [0.15, 0.2) is 22.5 Å². The number of methoxy groups -OCH3 is 2. The van der Waals surface area contributed by atoms with Crippen LogP contribution >= 0.6 is 0 Å². The molecule has 1 amide bonds. The third-order valence-corrected chi connectivity index (χ3v) is 5.40. The van der Waals surface area contributed by atoms with E-state index in [1.54, 1.807) is 44.4 Å². The van der Waals surface area contributed by atoms with Gasteiger partial charge in [0.05, 0.1) is 25.2 Å². The summed E-state index contributed by atoms with van der Waals surface area (Å²) in [5, 5.41) is 3.26. The highest BCUT2D eigenvalue weighted by Gasteiger charge is 2.19. The highest BCUT2D eigenvalue weighted by atomic mass is 16.5. The van der Waals surface area contributed by atoms with Crippen LogP contribution in [-0.4, -0.2) is 20.1 Å². The van der Waals surface area contributed by atoms with Crippen molar-refractivity contribution in [3.8, 4) is 22.8 Å². The Hall–Kier alpha value is -4.06. The van der Waals surface area contributed by atoms with Crippen LogP contribution in [0.25, 0.3) is 22.3 Å². The predicted molar refractivity (Wildman–Crippen MR) is 125 cm³/mol. The molecular weight excluding hydrogens is 406 g/mol. The van der Waals surface area contributed by atoms with E-state index in [1.165, 1.54) is 7.11 Å². The number of benzene rings is 3. The highest BCUT2D eigenvalue weighted by Crippen LogP contribution is 2.33. The van der Waals surface area contributed by atoms with Crippen LogP contribution in [0.4, 0.5) is 5.69 Å². The molecule has 0 saturated heterocycles. The second-order valence-corrected chi connectivity index (χ2v) is 7.41. The zero-order valence-electron chi connectivity index (χ0n) is 18.3. The molecule has 32 heavy (non-hydrogen) atoms. The van der Waals surface area contributed by atoms with Gasteiger partial charge in [0.25, 0.3) is 5.91 Å². The van der Waals surface area contributed by atoms with Crippen LogP contribution in [0.15, 0.2) is 69.9 Å². The van der Waals surface area contributed by atoms with E-state index >= 15 is 0 Å². The fourth-order valence-electron chi connectivity index (χ4n) is 3.66. The Morgan fingerprint density at radius 3 is 2.28 bits per heavy atom. The largest absolute Gasteiger partial charge is 0.493 e. The third-order valence-electron chi connectivity index (χ3n) is 5.40. The maximum atomic E-state index is 13.2. The molecule has 3 aromatic carbocycles. The van der Waals surface area contributed by atoms with Gasteiger partial charge in [-0.1, -0.05) is 36.4 Å². The van der Waals surface area contributed by atoms with E-state index in [0.29, 0.717) is 33.9 Å². The van der Waals surface area contributed by atoms with Gasteiger partial charge in [0, 0.05) is 22.9 Å². The topological polar surface area (TPSA) is 77.8 Å². The number of carbonyl (C=O) groups excluding carboxylic acids is 1. The van der Waals surface area contributed by atoms with Crippen LogP contribution in [-0.2, 0) is 0 Å². The molecule has 0 fully saturated rings. The van der Waals surface area contributed by atoms with Gasteiger partial charge in [-0.15, -0.1) is 0 Å². The lowest BCUT2D eigenvalue weighted by Crippen LogP contribution is -2.15. The average Bonchev–Trinajstić information content (AvgIpc) is 2.82. The van der Waals surface area contributed by atoms with Crippen LogP contribution in [0.2, 0.25) is 0 Å². The molecular formula is C26H23NO5. The summed E-state index contributed by atoms with van der Waals surface area (Å²) in [6, 6.07) is 17.8. The Morgan fingerprint density at radius 2 is 1.59 bits per heavy atom. The lowest BCUT2D eigenvalue weighted by molar-refractivity contribution is 0.102. The van der Waals surface area contributed by atoms with Gasteiger partial charge < -0.3 is 19.2 Å². The summed E-state index contributed by atoms with van der Waals surface area (Å²) in [5.41, 5.74) is 3.00. The van der Waals surface area contributed by atoms with Crippen molar-refractivity contribution >= 4 is 22.6 Å². The fourth-order valence-corrected chi connectivity index (χ4v) is 3.66. The first-order chi connectivity index (χ1) is 15.4. The number of carbonyl (C=O) groups is 1. The molecule has 6 heteroatoms. The van der Waals surface area contributed by atoms with Crippen molar-refractivity contribution in [2.45, 2.75) is 13.8 Å². The lowest BCUT2D eigenvalue weighted by Gasteiger charge is -2.14. The number of amides is 1. The van der Waals surface area contributed by atoms with E-state index in [2.05, 4.69) is 5.32 Å².